The number of aliphatic hydroxyl groups excluding tert-OH is 1. The van der Waals surface area contributed by atoms with Gasteiger partial charge in [-0.1, -0.05) is 45.3 Å². The van der Waals surface area contributed by atoms with Crippen molar-refractivity contribution in [2.75, 3.05) is 0 Å². The van der Waals surface area contributed by atoms with Gasteiger partial charge in [-0.05, 0) is 112 Å². The Morgan fingerprint density at radius 2 is 1.86 bits per heavy atom. The fourth-order valence-corrected chi connectivity index (χ4v) is 8.67. The molecular weight excluding hydrogens is 356 g/mol. The predicted molar refractivity (Wildman–Crippen MR) is 121 cm³/mol. The molecule has 0 spiro atoms. The Hall–Kier alpha value is -0.340. The van der Waals surface area contributed by atoms with Gasteiger partial charge >= 0.3 is 0 Å². The molecule has 2 heteroatoms. The van der Waals surface area contributed by atoms with Crippen molar-refractivity contribution < 1.29 is 10.2 Å². The molecule has 0 saturated heterocycles. The standard InChI is InChI=1S/C27H46O2/c1-18(7-6-14-25(2,3)29)22-10-11-23-21-9-8-19-17-20(28)12-15-26(19,4)24(21)13-16-27(22,23)5/h8,18,20-24,28-29H,6-7,9-17H2,1-5H3/t18-,20?,21?,22?,23+,24?,26?,27?/m1/s1. The topological polar surface area (TPSA) is 40.5 Å². The molecule has 8 atom stereocenters. The van der Waals surface area contributed by atoms with Crippen LogP contribution in [0, 0.1) is 40.4 Å². The molecule has 0 heterocycles. The highest BCUT2D eigenvalue weighted by atomic mass is 16.3. The van der Waals surface area contributed by atoms with Gasteiger partial charge in [-0.3, -0.25) is 0 Å². The second kappa shape index (κ2) is 7.66. The minimum Gasteiger partial charge on any atom is -0.393 e. The van der Waals surface area contributed by atoms with Crippen LogP contribution in [-0.4, -0.2) is 21.9 Å². The van der Waals surface area contributed by atoms with Crippen LogP contribution in [0.5, 0.6) is 0 Å². The van der Waals surface area contributed by atoms with E-state index in [1.807, 2.05) is 13.8 Å². The van der Waals surface area contributed by atoms with Crippen molar-refractivity contribution in [2.24, 2.45) is 40.4 Å². The van der Waals surface area contributed by atoms with Gasteiger partial charge in [0.1, 0.15) is 0 Å². The van der Waals surface area contributed by atoms with E-state index in [2.05, 4.69) is 26.8 Å². The molecule has 2 nitrogen and oxygen atoms in total. The van der Waals surface area contributed by atoms with Crippen molar-refractivity contribution in [3.05, 3.63) is 11.6 Å². The normalized spacial score (nSPS) is 45.8. The molecule has 166 valence electrons. The lowest BCUT2D eigenvalue weighted by molar-refractivity contribution is -0.0575. The molecule has 0 radical (unpaired) electrons. The fraction of sp³-hybridized carbons (Fsp3) is 0.926. The van der Waals surface area contributed by atoms with E-state index in [0.717, 1.165) is 55.3 Å². The second-order valence-electron chi connectivity index (χ2n) is 12.6. The average molecular weight is 403 g/mol. The fourth-order valence-electron chi connectivity index (χ4n) is 8.67. The number of hydrogen-bond donors (Lipinski definition) is 2. The maximum absolute atomic E-state index is 10.2. The Balaban J connectivity index is 1.47. The molecule has 0 aromatic carbocycles. The van der Waals surface area contributed by atoms with Crippen LogP contribution >= 0.6 is 0 Å². The second-order valence-corrected chi connectivity index (χ2v) is 12.6. The summed E-state index contributed by atoms with van der Waals surface area (Å²) in [6, 6.07) is 0. The lowest BCUT2D eigenvalue weighted by Gasteiger charge is -2.58. The monoisotopic (exact) mass is 402 g/mol. The van der Waals surface area contributed by atoms with Crippen molar-refractivity contribution in [1.82, 2.24) is 0 Å². The summed E-state index contributed by atoms with van der Waals surface area (Å²) in [5.41, 5.74) is 1.95. The summed E-state index contributed by atoms with van der Waals surface area (Å²) in [7, 11) is 0. The maximum atomic E-state index is 10.2. The molecule has 0 amide bonds. The third-order valence-corrected chi connectivity index (χ3v) is 10.3. The number of fused-ring (bicyclic) bond motifs is 5. The highest BCUT2D eigenvalue weighted by molar-refractivity contribution is 5.25. The molecule has 3 fully saturated rings. The molecule has 2 N–H and O–H groups in total. The van der Waals surface area contributed by atoms with Gasteiger partial charge in [-0.2, -0.15) is 0 Å². The third-order valence-electron chi connectivity index (χ3n) is 10.3. The van der Waals surface area contributed by atoms with Gasteiger partial charge in [-0.15, -0.1) is 0 Å². The van der Waals surface area contributed by atoms with E-state index in [0.29, 0.717) is 10.8 Å². The van der Waals surface area contributed by atoms with Gasteiger partial charge in [0.15, 0.2) is 0 Å². The smallest absolute Gasteiger partial charge is 0.0591 e. The van der Waals surface area contributed by atoms with E-state index in [4.69, 9.17) is 0 Å². The van der Waals surface area contributed by atoms with Gasteiger partial charge in [0.05, 0.1) is 11.7 Å². The summed E-state index contributed by atoms with van der Waals surface area (Å²) >= 11 is 0. The molecular formula is C27H46O2. The summed E-state index contributed by atoms with van der Waals surface area (Å²) in [5.74, 6) is 4.24. The lowest BCUT2D eigenvalue weighted by Crippen LogP contribution is -2.50. The summed E-state index contributed by atoms with van der Waals surface area (Å²) in [4.78, 5) is 0. The lowest BCUT2D eigenvalue weighted by atomic mass is 9.47. The number of hydrogen-bond acceptors (Lipinski definition) is 2. The molecule has 4 aliphatic carbocycles. The molecule has 0 bridgehead atoms. The Bertz CT molecular complexity index is 631. The summed E-state index contributed by atoms with van der Waals surface area (Å²) in [6.45, 7) is 11.6. The highest BCUT2D eigenvalue weighted by Crippen LogP contribution is 2.67. The van der Waals surface area contributed by atoms with Crippen LogP contribution in [-0.2, 0) is 0 Å². The van der Waals surface area contributed by atoms with Gasteiger partial charge in [0.2, 0.25) is 0 Å². The van der Waals surface area contributed by atoms with E-state index >= 15 is 0 Å². The van der Waals surface area contributed by atoms with Gasteiger partial charge in [-0.25, -0.2) is 0 Å². The first-order valence-corrected chi connectivity index (χ1v) is 12.6. The molecule has 6 unspecified atom stereocenters. The van der Waals surface area contributed by atoms with Crippen molar-refractivity contribution in [3.8, 4) is 0 Å². The Labute approximate surface area is 179 Å². The number of allylic oxidation sites excluding steroid dienone is 1. The van der Waals surface area contributed by atoms with Crippen molar-refractivity contribution in [2.45, 2.75) is 117 Å². The zero-order valence-corrected chi connectivity index (χ0v) is 19.7. The first-order valence-electron chi connectivity index (χ1n) is 12.6. The maximum Gasteiger partial charge on any atom is 0.0591 e. The Kier molecular flexibility index (Phi) is 5.78. The van der Waals surface area contributed by atoms with Crippen LogP contribution in [0.4, 0.5) is 0 Å². The molecule has 0 aromatic rings. The first kappa shape index (κ1) is 21.9. The predicted octanol–water partition coefficient (Wildman–Crippen LogP) is 6.50. The molecule has 3 saturated carbocycles. The summed E-state index contributed by atoms with van der Waals surface area (Å²) < 4.78 is 0. The first-order chi connectivity index (χ1) is 13.5. The highest BCUT2D eigenvalue weighted by Gasteiger charge is 2.59. The Morgan fingerprint density at radius 3 is 2.59 bits per heavy atom. The van der Waals surface area contributed by atoms with E-state index < -0.39 is 5.60 Å². The van der Waals surface area contributed by atoms with E-state index in [-0.39, 0.29) is 6.10 Å². The largest absolute Gasteiger partial charge is 0.393 e. The van der Waals surface area contributed by atoms with Crippen molar-refractivity contribution in [1.29, 1.82) is 0 Å². The number of aliphatic hydroxyl groups is 2. The summed E-state index contributed by atoms with van der Waals surface area (Å²) in [5, 5.41) is 20.3. The molecule has 4 aliphatic rings. The van der Waals surface area contributed by atoms with Crippen LogP contribution in [0.2, 0.25) is 0 Å². The zero-order valence-electron chi connectivity index (χ0n) is 19.7. The van der Waals surface area contributed by atoms with Gasteiger partial charge in [0.25, 0.3) is 0 Å². The van der Waals surface area contributed by atoms with E-state index in [9.17, 15) is 10.2 Å². The zero-order chi connectivity index (χ0) is 21.0. The average Bonchev–Trinajstić information content (AvgIpc) is 2.98. The van der Waals surface area contributed by atoms with Gasteiger partial charge in [0, 0.05) is 0 Å². The van der Waals surface area contributed by atoms with Gasteiger partial charge < -0.3 is 10.2 Å². The van der Waals surface area contributed by atoms with Crippen molar-refractivity contribution in [3.63, 3.8) is 0 Å². The van der Waals surface area contributed by atoms with Crippen LogP contribution in [0.3, 0.4) is 0 Å². The van der Waals surface area contributed by atoms with Crippen molar-refractivity contribution >= 4 is 0 Å². The van der Waals surface area contributed by atoms with Crippen LogP contribution in [0.25, 0.3) is 0 Å². The molecule has 0 aromatic heterocycles. The minimum atomic E-state index is -0.519. The molecule has 0 aliphatic heterocycles. The quantitative estimate of drug-likeness (QED) is 0.515. The van der Waals surface area contributed by atoms with Crippen LogP contribution < -0.4 is 0 Å². The van der Waals surface area contributed by atoms with Crippen LogP contribution in [0.15, 0.2) is 11.6 Å². The molecule has 29 heavy (non-hydrogen) atoms. The van der Waals surface area contributed by atoms with E-state index in [1.54, 1.807) is 5.57 Å². The van der Waals surface area contributed by atoms with E-state index in [1.165, 1.54) is 44.9 Å². The third kappa shape index (κ3) is 3.86. The minimum absolute atomic E-state index is 0.0969. The van der Waals surface area contributed by atoms with Crippen LogP contribution in [0.1, 0.15) is 105 Å². The summed E-state index contributed by atoms with van der Waals surface area (Å²) in [6.07, 6.45) is 15.9. The molecule has 4 rings (SSSR count). The SMILES string of the molecule is C[C@H](CCCC(C)(C)O)C1CC[C@H]2C3CC=C4CC(O)CCC4(C)C3CCC12C. The Morgan fingerprint density at radius 1 is 1.10 bits per heavy atom. The number of rotatable bonds is 5.